The lowest BCUT2D eigenvalue weighted by atomic mass is 9.78. The van der Waals surface area contributed by atoms with Crippen molar-refractivity contribution >= 4 is 0 Å². The predicted octanol–water partition coefficient (Wildman–Crippen LogP) is 5.85. The summed E-state index contributed by atoms with van der Waals surface area (Å²) < 4.78 is 5.17. The molecule has 0 bridgehead atoms. The van der Waals surface area contributed by atoms with Gasteiger partial charge in [0.25, 0.3) is 0 Å². The molecule has 0 saturated heterocycles. The molecule has 25 heavy (non-hydrogen) atoms. The summed E-state index contributed by atoms with van der Waals surface area (Å²) in [7, 11) is 1.68. The van der Waals surface area contributed by atoms with Crippen molar-refractivity contribution < 1.29 is 4.74 Å². The lowest BCUT2D eigenvalue weighted by Gasteiger charge is -2.27. The first kappa shape index (κ1) is 17.6. The third-order valence-electron chi connectivity index (χ3n) is 5.46. The largest absolute Gasteiger partial charge is 0.497 e. The van der Waals surface area contributed by atoms with Gasteiger partial charge in [0.2, 0.25) is 0 Å². The van der Waals surface area contributed by atoms with Gasteiger partial charge in [0.05, 0.1) is 7.11 Å². The third-order valence-corrected chi connectivity index (χ3v) is 5.46. The minimum Gasteiger partial charge on any atom is -0.497 e. The average molecular weight is 332 g/mol. The maximum Gasteiger partial charge on any atom is 0.118 e. The summed E-state index contributed by atoms with van der Waals surface area (Å²) in [5.41, 5.74) is 3.54. The lowest BCUT2D eigenvalue weighted by Crippen LogP contribution is -2.15. The Kier molecular flexibility index (Phi) is 6.18. The molecule has 0 aromatic heterocycles. The van der Waals surface area contributed by atoms with Crippen molar-refractivity contribution in [2.24, 2.45) is 11.8 Å². The van der Waals surface area contributed by atoms with Crippen molar-refractivity contribution in [3.8, 4) is 17.6 Å². The molecule has 3 rings (SSSR count). The summed E-state index contributed by atoms with van der Waals surface area (Å²) in [4.78, 5) is 0. The van der Waals surface area contributed by atoms with E-state index in [0.717, 1.165) is 28.7 Å². The van der Waals surface area contributed by atoms with Crippen LogP contribution in [0.1, 0.15) is 55.7 Å². The molecule has 2 aromatic carbocycles. The van der Waals surface area contributed by atoms with E-state index in [0.29, 0.717) is 0 Å². The highest BCUT2D eigenvalue weighted by atomic mass is 16.5. The predicted molar refractivity (Wildman–Crippen MR) is 105 cm³/mol. The van der Waals surface area contributed by atoms with Gasteiger partial charge < -0.3 is 4.74 Å². The zero-order valence-electron chi connectivity index (χ0n) is 15.4. The highest BCUT2D eigenvalue weighted by Gasteiger charge is 2.19. The van der Waals surface area contributed by atoms with E-state index in [4.69, 9.17) is 4.74 Å². The van der Waals surface area contributed by atoms with E-state index in [2.05, 4.69) is 43.0 Å². The number of hydrogen-bond acceptors (Lipinski definition) is 1. The van der Waals surface area contributed by atoms with Gasteiger partial charge in [-0.15, -0.1) is 0 Å². The second kappa shape index (κ2) is 8.77. The topological polar surface area (TPSA) is 9.23 Å². The fourth-order valence-corrected chi connectivity index (χ4v) is 3.72. The van der Waals surface area contributed by atoms with Gasteiger partial charge in [0.1, 0.15) is 5.75 Å². The van der Waals surface area contributed by atoms with Gasteiger partial charge in [-0.05, 0) is 73.1 Å². The monoisotopic (exact) mass is 332 g/mol. The molecule has 1 aliphatic rings. The van der Waals surface area contributed by atoms with E-state index in [9.17, 15) is 0 Å². The van der Waals surface area contributed by atoms with Gasteiger partial charge >= 0.3 is 0 Å². The van der Waals surface area contributed by atoms with Gasteiger partial charge in [-0.3, -0.25) is 0 Å². The van der Waals surface area contributed by atoms with E-state index >= 15 is 0 Å². The number of hydrogen-bond donors (Lipinski definition) is 0. The van der Waals surface area contributed by atoms with Crippen LogP contribution in [0.4, 0.5) is 0 Å². The first-order valence-corrected chi connectivity index (χ1v) is 9.52. The van der Waals surface area contributed by atoms with Crippen LogP contribution in [0.3, 0.4) is 0 Å². The van der Waals surface area contributed by atoms with Crippen LogP contribution in [0, 0.1) is 23.7 Å². The fraction of sp³-hybridized carbons (Fsp3) is 0.417. The van der Waals surface area contributed by atoms with Gasteiger partial charge in [-0.25, -0.2) is 0 Å². The highest BCUT2D eigenvalue weighted by molar-refractivity contribution is 5.44. The second-order valence-corrected chi connectivity index (χ2v) is 7.17. The first-order valence-electron chi connectivity index (χ1n) is 9.52. The van der Waals surface area contributed by atoms with E-state index < -0.39 is 0 Å². The molecule has 2 aromatic rings. The van der Waals surface area contributed by atoms with E-state index in [1.807, 2.05) is 24.3 Å². The molecule has 0 spiro atoms. The number of benzene rings is 2. The van der Waals surface area contributed by atoms with Gasteiger partial charge in [0.15, 0.2) is 0 Å². The van der Waals surface area contributed by atoms with Crippen molar-refractivity contribution in [2.45, 2.75) is 45.4 Å². The van der Waals surface area contributed by atoms with Crippen LogP contribution in [0.25, 0.3) is 0 Å². The van der Waals surface area contributed by atoms with Crippen molar-refractivity contribution in [1.82, 2.24) is 0 Å². The Morgan fingerprint density at radius 3 is 1.84 bits per heavy atom. The standard InChI is InChI=1S/C24H28O/c1-3-19-4-10-22(11-5-19)18-23-12-8-20(9-13-23)6-7-21-14-16-24(25-2)17-15-21/h8-9,12-17,19,22H,3-5,10-11,18H2,1-2H3. The Morgan fingerprint density at radius 2 is 1.32 bits per heavy atom. The number of ether oxygens (including phenoxy) is 1. The molecule has 1 fully saturated rings. The zero-order chi connectivity index (χ0) is 17.5. The molecule has 0 aliphatic heterocycles. The Bertz CT molecular complexity index is 707. The Balaban J connectivity index is 1.56. The van der Waals surface area contributed by atoms with E-state index in [-0.39, 0.29) is 0 Å². The number of rotatable bonds is 4. The zero-order valence-corrected chi connectivity index (χ0v) is 15.4. The summed E-state index contributed by atoms with van der Waals surface area (Å²) in [6, 6.07) is 16.7. The van der Waals surface area contributed by atoms with Crippen LogP contribution in [0.5, 0.6) is 5.75 Å². The summed E-state index contributed by atoms with van der Waals surface area (Å²) in [6.07, 6.45) is 8.23. The fourth-order valence-electron chi connectivity index (χ4n) is 3.72. The van der Waals surface area contributed by atoms with Gasteiger partial charge in [-0.1, -0.05) is 50.2 Å². The highest BCUT2D eigenvalue weighted by Crippen LogP contribution is 2.32. The normalized spacial score (nSPS) is 19.8. The average Bonchev–Trinajstić information content (AvgIpc) is 2.68. The summed E-state index contributed by atoms with van der Waals surface area (Å²) in [5.74, 6) is 9.19. The van der Waals surface area contributed by atoms with Crippen molar-refractivity contribution in [3.05, 3.63) is 65.2 Å². The molecular weight excluding hydrogens is 304 g/mol. The molecule has 130 valence electrons. The molecule has 0 heterocycles. The Labute approximate surface area is 152 Å². The smallest absolute Gasteiger partial charge is 0.118 e. The van der Waals surface area contributed by atoms with Crippen molar-refractivity contribution in [3.63, 3.8) is 0 Å². The molecule has 0 atom stereocenters. The third kappa shape index (κ3) is 5.13. The van der Waals surface area contributed by atoms with Gasteiger partial charge in [0, 0.05) is 11.1 Å². The molecular formula is C24H28O. The molecule has 0 amide bonds. The quantitative estimate of drug-likeness (QED) is 0.638. The lowest BCUT2D eigenvalue weighted by molar-refractivity contribution is 0.268. The minimum absolute atomic E-state index is 0.864. The summed E-state index contributed by atoms with van der Waals surface area (Å²) in [6.45, 7) is 2.33. The van der Waals surface area contributed by atoms with Crippen LogP contribution in [0.15, 0.2) is 48.5 Å². The van der Waals surface area contributed by atoms with Crippen LogP contribution >= 0.6 is 0 Å². The van der Waals surface area contributed by atoms with Gasteiger partial charge in [-0.2, -0.15) is 0 Å². The molecule has 0 unspecified atom stereocenters. The molecule has 0 N–H and O–H groups in total. The number of methoxy groups -OCH3 is 1. The summed E-state index contributed by atoms with van der Waals surface area (Å²) in [5, 5.41) is 0. The SMILES string of the molecule is CCC1CCC(Cc2ccc(C#Cc3ccc(OC)cc3)cc2)CC1. The molecule has 1 saturated carbocycles. The van der Waals surface area contributed by atoms with Crippen LogP contribution < -0.4 is 4.74 Å². The minimum atomic E-state index is 0.864. The molecule has 1 heteroatoms. The molecule has 0 radical (unpaired) electrons. The van der Waals surface area contributed by atoms with Crippen molar-refractivity contribution in [1.29, 1.82) is 0 Å². The van der Waals surface area contributed by atoms with E-state index in [1.54, 1.807) is 7.11 Å². The van der Waals surface area contributed by atoms with Crippen molar-refractivity contribution in [2.75, 3.05) is 7.11 Å². The molecule has 1 nitrogen and oxygen atoms in total. The maximum atomic E-state index is 5.17. The van der Waals surface area contributed by atoms with E-state index in [1.165, 1.54) is 44.1 Å². The Hall–Kier alpha value is -2.20. The second-order valence-electron chi connectivity index (χ2n) is 7.17. The maximum absolute atomic E-state index is 5.17. The first-order chi connectivity index (χ1) is 12.3. The molecule has 1 aliphatic carbocycles. The van der Waals surface area contributed by atoms with Crippen LogP contribution in [0.2, 0.25) is 0 Å². The summed E-state index contributed by atoms with van der Waals surface area (Å²) >= 11 is 0. The van der Waals surface area contributed by atoms with Crippen LogP contribution in [-0.2, 0) is 6.42 Å². The Morgan fingerprint density at radius 1 is 0.800 bits per heavy atom. The van der Waals surface area contributed by atoms with Crippen LogP contribution in [-0.4, -0.2) is 7.11 Å².